The molecule has 0 atom stereocenters. The van der Waals surface area contributed by atoms with Gasteiger partial charge in [0.15, 0.2) is 0 Å². The highest BCUT2D eigenvalue weighted by molar-refractivity contribution is 5.93. The topological polar surface area (TPSA) is 42.2 Å². The van der Waals surface area contributed by atoms with E-state index in [2.05, 4.69) is 29.8 Å². The maximum absolute atomic E-state index is 5.83. The lowest BCUT2D eigenvalue weighted by Gasteiger charge is -2.22. The SMILES string of the molecule is CCN(CC)c1ccnc2ccc(N)cc12. The molecular weight excluding hydrogens is 198 g/mol. The van der Waals surface area contributed by atoms with Crippen molar-refractivity contribution in [3.63, 3.8) is 0 Å². The quantitative estimate of drug-likeness (QED) is 0.800. The summed E-state index contributed by atoms with van der Waals surface area (Å²) in [6.07, 6.45) is 1.85. The summed E-state index contributed by atoms with van der Waals surface area (Å²) in [5.74, 6) is 0. The van der Waals surface area contributed by atoms with Crippen LogP contribution in [0.25, 0.3) is 10.9 Å². The predicted molar refractivity (Wildman–Crippen MR) is 69.7 cm³/mol. The van der Waals surface area contributed by atoms with Gasteiger partial charge in [-0.2, -0.15) is 0 Å². The molecule has 0 saturated carbocycles. The Morgan fingerprint density at radius 1 is 1.19 bits per heavy atom. The van der Waals surface area contributed by atoms with E-state index < -0.39 is 0 Å². The van der Waals surface area contributed by atoms with Gasteiger partial charge in [0.05, 0.1) is 5.52 Å². The zero-order chi connectivity index (χ0) is 11.5. The first kappa shape index (κ1) is 10.7. The van der Waals surface area contributed by atoms with Crippen molar-refractivity contribution in [2.24, 2.45) is 0 Å². The molecule has 0 unspecified atom stereocenters. The minimum absolute atomic E-state index is 0.786. The molecule has 0 radical (unpaired) electrons. The molecule has 1 aromatic heterocycles. The van der Waals surface area contributed by atoms with Gasteiger partial charge in [-0.3, -0.25) is 4.98 Å². The molecule has 0 aliphatic rings. The van der Waals surface area contributed by atoms with Crippen molar-refractivity contribution in [1.82, 2.24) is 4.98 Å². The van der Waals surface area contributed by atoms with Crippen molar-refractivity contribution < 1.29 is 0 Å². The van der Waals surface area contributed by atoms with Crippen molar-refractivity contribution in [2.75, 3.05) is 23.7 Å². The van der Waals surface area contributed by atoms with E-state index in [1.54, 1.807) is 0 Å². The fourth-order valence-electron chi connectivity index (χ4n) is 1.99. The number of benzene rings is 1. The summed E-state index contributed by atoms with van der Waals surface area (Å²) >= 11 is 0. The standard InChI is InChI=1S/C13H17N3/c1-3-16(4-2)13-7-8-15-12-6-5-10(14)9-11(12)13/h5-9H,3-4,14H2,1-2H3. The molecule has 84 valence electrons. The van der Waals surface area contributed by atoms with E-state index in [1.807, 2.05) is 24.4 Å². The van der Waals surface area contributed by atoms with Gasteiger partial charge >= 0.3 is 0 Å². The van der Waals surface area contributed by atoms with Crippen molar-refractivity contribution >= 4 is 22.3 Å². The van der Waals surface area contributed by atoms with Gasteiger partial charge in [0.25, 0.3) is 0 Å². The molecule has 0 amide bonds. The van der Waals surface area contributed by atoms with Crippen LogP contribution in [0, 0.1) is 0 Å². The van der Waals surface area contributed by atoms with Gasteiger partial charge in [-0.05, 0) is 38.1 Å². The molecule has 2 aromatic rings. The smallest absolute Gasteiger partial charge is 0.0724 e. The summed E-state index contributed by atoms with van der Waals surface area (Å²) < 4.78 is 0. The predicted octanol–water partition coefficient (Wildman–Crippen LogP) is 2.66. The molecular formula is C13H17N3. The lowest BCUT2D eigenvalue weighted by Crippen LogP contribution is -2.22. The number of nitrogens with zero attached hydrogens (tertiary/aromatic N) is 2. The van der Waals surface area contributed by atoms with E-state index in [0.717, 1.165) is 29.7 Å². The number of fused-ring (bicyclic) bond motifs is 1. The Kier molecular flexibility index (Phi) is 2.95. The van der Waals surface area contributed by atoms with Gasteiger partial charge in [-0.15, -0.1) is 0 Å². The van der Waals surface area contributed by atoms with Crippen LogP contribution in [0.15, 0.2) is 30.5 Å². The Morgan fingerprint density at radius 3 is 2.62 bits per heavy atom. The minimum Gasteiger partial charge on any atom is -0.399 e. The average molecular weight is 215 g/mol. The zero-order valence-electron chi connectivity index (χ0n) is 9.77. The minimum atomic E-state index is 0.786. The fourth-order valence-corrected chi connectivity index (χ4v) is 1.99. The molecule has 16 heavy (non-hydrogen) atoms. The molecule has 3 nitrogen and oxygen atoms in total. The lowest BCUT2D eigenvalue weighted by atomic mass is 10.1. The van der Waals surface area contributed by atoms with E-state index in [-0.39, 0.29) is 0 Å². The highest BCUT2D eigenvalue weighted by Gasteiger charge is 2.07. The van der Waals surface area contributed by atoms with E-state index in [0.29, 0.717) is 0 Å². The van der Waals surface area contributed by atoms with Gasteiger partial charge in [-0.25, -0.2) is 0 Å². The number of nitrogen functional groups attached to an aromatic ring is 1. The summed E-state index contributed by atoms with van der Waals surface area (Å²) in [4.78, 5) is 6.66. The highest BCUT2D eigenvalue weighted by Crippen LogP contribution is 2.26. The second-order valence-corrected chi connectivity index (χ2v) is 3.78. The molecule has 0 bridgehead atoms. The first-order valence-electron chi connectivity index (χ1n) is 5.65. The Labute approximate surface area is 95.9 Å². The zero-order valence-corrected chi connectivity index (χ0v) is 9.77. The molecule has 1 heterocycles. The molecule has 0 saturated heterocycles. The molecule has 0 aliphatic heterocycles. The largest absolute Gasteiger partial charge is 0.399 e. The Hall–Kier alpha value is -1.77. The van der Waals surface area contributed by atoms with Crippen LogP contribution >= 0.6 is 0 Å². The normalized spacial score (nSPS) is 10.6. The molecule has 0 spiro atoms. The molecule has 2 rings (SSSR count). The maximum atomic E-state index is 5.83. The third-order valence-electron chi connectivity index (χ3n) is 2.85. The molecule has 0 aliphatic carbocycles. The van der Waals surface area contributed by atoms with Crippen LogP contribution in [0.4, 0.5) is 11.4 Å². The summed E-state index contributed by atoms with van der Waals surface area (Å²) in [5, 5.41) is 1.13. The second kappa shape index (κ2) is 4.39. The monoisotopic (exact) mass is 215 g/mol. The van der Waals surface area contributed by atoms with Crippen molar-refractivity contribution in [3.8, 4) is 0 Å². The van der Waals surface area contributed by atoms with Crippen LogP contribution in [0.3, 0.4) is 0 Å². The van der Waals surface area contributed by atoms with Crippen LogP contribution in [0.5, 0.6) is 0 Å². The Bertz CT molecular complexity index is 490. The van der Waals surface area contributed by atoms with Crippen LogP contribution in [-0.2, 0) is 0 Å². The number of hydrogen-bond acceptors (Lipinski definition) is 3. The van der Waals surface area contributed by atoms with Crippen molar-refractivity contribution in [2.45, 2.75) is 13.8 Å². The summed E-state index contributed by atoms with van der Waals surface area (Å²) in [5.41, 5.74) is 8.82. The highest BCUT2D eigenvalue weighted by atomic mass is 15.1. The van der Waals surface area contributed by atoms with Crippen LogP contribution in [0.1, 0.15) is 13.8 Å². The second-order valence-electron chi connectivity index (χ2n) is 3.78. The van der Waals surface area contributed by atoms with Gasteiger partial charge in [0, 0.05) is 36.0 Å². The van der Waals surface area contributed by atoms with Gasteiger partial charge in [0.1, 0.15) is 0 Å². The van der Waals surface area contributed by atoms with Crippen LogP contribution in [-0.4, -0.2) is 18.1 Å². The number of pyridine rings is 1. The summed E-state index contributed by atoms with van der Waals surface area (Å²) in [7, 11) is 0. The van der Waals surface area contributed by atoms with Gasteiger partial charge in [-0.1, -0.05) is 0 Å². The molecule has 0 fully saturated rings. The number of aromatic nitrogens is 1. The number of nitrogens with two attached hydrogens (primary N) is 1. The number of anilines is 2. The summed E-state index contributed by atoms with van der Waals surface area (Å²) in [6.45, 7) is 6.29. The fraction of sp³-hybridized carbons (Fsp3) is 0.308. The third-order valence-corrected chi connectivity index (χ3v) is 2.85. The van der Waals surface area contributed by atoms with E-state index in [1.165, 1.54) is 5.69 Å². The van der Waals surface area contributed by atoms with Crippen molar-refractivity contribution in [3.05, 3.63) is 30.5 Å². The molecule has 2 N–H and O–H groups in total. The maximum Gasteiger partial charge on any atom is 0.0724 e. The summed E-state index contributed by atoms with van der Waals surface area (Å²) in [6, 6.07) is 7.91. The third kappa shape index (κ3) is 1.81. The Balaban J connectivity index is 2.64. The number of rotatable bonds is 3. The van der Waals surface area contributed by atoms with E-state index in [4.69, 9.17) is 5.73 Å². The molecule has 1 aromatic carbocycles. The van der Waals surface area contributed by atoms with Crippen LogP contribution < -0.4 is 10.6 Å². The average Bonchev–Trinajstić information content (AvgIpc) is 2.31. The molecule has 3 heteroatoms. The number of hydrogen-bond donors (Lipinski definition) is 1. The van der Waals surface area contributed by atoms with Gasteiger partial charge in [0.2, 0.25) is 0 Å². The van der Waals surface area contributed by atoms with E-state index in [9.17, 15) is 0 Å². The lowest BCUT2D eigenvalue weighted by molar-refractivity contribution is 0.870. The first-order chi connectivity index (χ1) is 7.76. The van der Waals surface area contributed by atoms with Gasteiger partial charge < -0.3 is 10.6 Å². The van der Waals surface area contributed by atoms with Crippen LogP contribution in [0.2, 0.25) is 0 Å². The first-order valence-corrected chi connectivity index (χ1v) is 5.65. The van der Waals surface area contributed by atoms with Crippen molar-refractivity contribution in [1.29, 1.82) is 0 Å². The van der Waals surface area contributed by atoms with E-state index >= 15 is 0 Å². The Morgan fingerprint density at radius 2 is 1.94 bits per heavy atom.